The van der Waals surface area contributed by atoms with Gasteiger partial charge < -0.3 is 9.72 Å². The van der Waals surface area contributed by atoms with E-state index in [0.29, 0.717) is 11.9 Å². The summed E-state index contributed by atoms with van der Waals surface area (Å²) >= 11 is 12.2. The fraction of sp³-hybridized carbons (Fsp3) is 0.0435. The van der Waals surface area contributed by atoms with Crippen molar-refractivity contribution in [1.29, 1.82) is 0 Å². The van der Waals surface area contributed by atoms with E-state index in [1.807, 2.05) is 16.7 Å². The number of anilines is 1. The molecule has 0 saturated heterocycles. The van der Waals surface area contributed by atoms with Crippen molar-refractivity contribution in [3.05, 3.63) is 106 Å². The number of nitrogens with zero attached hydrogens (tertiary/aromatic N) is 1. The van der Waals surface area contributed by atoms with Crippen molar-refractivity contribution in [3.8, 4) is 0 Å². The quantitative estimate of drug-likeness (QED) is 0.315. The molecular formula is C23H15Cl2FN2O2. The van der Waals surface area contributed by atoms with E-state index in [4.69, 9.17) is 23.2 Å². The lowest BCUT2D eigenvalue weighted by Crippen LogP contribution is -2.23. The first-order chi connectivity index (χ1) is 14.4. The van der Waals surface area contributed by atoms with Crippen LogP contribution < -0.4 is 5.32 Å². The second-order valence-corrected chi connectivity index (χ2v) is 7.50. The number of ketones is 1. The highest BCUT2D eigenvalue weighted by atomic mass is 35.5. The Morgan fingerprint density at radius 2 is 1.63 bits per heavy atom. The molecule has 0 fully saturated rings. The minimum atomic E-state index is -0.838. The molecule has 4 nitrogen and oxygen atoms in total. The van der Waals surface area contributed by atoms with Crippen molar-refractivity contribution in [2.75, 3.05) is 5.32 Å². The number of pyridine rings is 1. The molecule has 0 bridgehead atoms. The Kier molecular flexibility index (Phi) is 5.57. The highest BCUT2D eigenvalue weighted by Crippen LogP contribution is 2.30. The minimum absolute atomic E-state index is 0.189. The summed E-state index contributed by atoms with van der Waals surface area (Å²) in [5, 5.41) is 2.98. The number of nitrogens with one attached hydrogen (secondary N) is 1. The van der Waals surface area contributed by atoms with Crippen LogP contribution in [0.5, 0.6) is 0 Å². The average molecular weight is 441 g/mol. The predicted molar refractivity (Wildman–Crippen MR) is 116 cm³/mol. The summed E-state index contributed by atoms with van der Waals surface area (Å²) in [6.07, 6.45) is 2.28. The molecule has 7 heteroatoms. The first-order valence-electron chi connectivity index (χ1n) is 9.07. The maximum absolute atomic E-state index is 13.2. The van der Waals surface area contributed by atoms with Crippen LogP contribution in [0.3, 0.4) is 0 Å². The highest BCUT2D eigenvalue weighted by molar-refractivity contribution is 6.49. The molecule has 1 amide bonds. The summed E-state index contributed by atoms with van der Waals surface area (Å²) in [5.74, 6) is -1.86. The number of benzene rings is 2. The number of rotatable bonds is 5. The van der Waals surface area contributed by atoms with Crippen molar-refractivity contribution in [3.63, 3.8) is 0 Å². The summed E-state index contributed by atoms with van der Waals surface area (Å²) in [7, 11) is 0. The Labute approximate surface area is 181 Å². The van der Waals surface area contributed by atoms with Gasteiger partial charge in [0.2, 0.25) is 0 Å². The van der Waals surface area contributed by atoms with Gasteiger partial charge in [0.1, 0.15) is 5.82 Å². The fourth-order valence-electron chi connectivity index (χ4n) is 3.26. The van der Waals surface area contributed by atoms with Crippen LogP contribution in [0.2, 0.25) is 10.0 Å². The Morgan fingerprint density at radius 1 is 0.933 bits per heavy atom. The van der Waals surface area contributed by atoms with Gasteiger partial charge in [-0.05, 0) is 48.0 Å². The van der Waals surface area contributed by atoms with Gasteiger partial charge in [-0.25, -0.2) is 4.39 Å². The maximum Gasteiger partial charge on any atom is 0.296 e. The van der Waals surface area contributed by atoms with Crippen molar-refractivity contribution in [2.24, 2.45) is 0 Å². The van der Waals surface area contributed by atoms with Gasteiger partial charge in [0, 0.05) is 18.3 Å². The SMILES string of the molecule is O=C(Nc1c(Cl)cccc1Cl)C(=O)c1cc(Cc2ccc(F)cc2)n2ccccc12. The lowest BCUT2D eigenvalue weighted by Gasteiger charge is -2.08. The molecule has 2 aromatic carbocycles. The third-order valence-corrected chi connectivity index (χ3v) is 5.34. The number of carbonyl (C=O) groups excluding carboxylic acids is 2. The third-order valence-electron chi connectivity index (χ3n) is 4.71. The summed E-state index contributed by atoms with van der Waals surface area (Å²) in [6.45, 7) is 0. The van der Waals surface area contributed by atoms with Crippen LogP contribution >= 0.6 is 23.2 Å². The van der Waals surface area contributed by atoms with Crippen LogP contribution in [-0.2, 0) is 11.2 Å². The summed E-state index contributed by atoms with van der Waals surface area (Å²) in [6, 6.07) is 18.0. The number of amides is 1. The Bertz CT molecular complexity index is 1250. The van der Waals surface area contributed by atoms with Gasteiger partial charge in [0.05, 0.1) is 26.8 Å². The van der Waals surface area contributed by atoms with Gasteiger partial charge in [0.25, 0.3) is 11.7 Å². The van der Waals surface area contributed by atoms with Crippen LogP contribution in [0.1, 0.15) is 21.6 Å². The Balaban J connectivity index is 1.67. The molecule has 0 atom stereocenters. The van der Waals surface area contributed by atoms with Crippen molar-refractivity contribution in [2.45, 2.75) is 6.42 Å². The molecule has 1 N–H and O–H groups in total. The van der Waals surface area contributed by atoms with Crippen LogP contribution in [-0.4, -0.2) is 16.1 Å². The number of hydrogen-bond acceptors (Lipinski definition) is 2. The smallest absolute Gasteiger partial charge is 0.296 e. The number of carbonyl (C=O) groups is 2. The average Bonchev–Trinajstić information content (AvgIpc) is 3.10. The van der Waals surface area contributed by atoms with Gasteiger partial charge in [-0.1, -0.05) is 47.5 Å². The molecule has 30 heavy (non-hydrogen) atoms. The molecular weight excluding hydrogens is 426 g/mol. The second kappa shape index (κ2) is 8.30. The second-order valence-electron chi connectivity index (χ2n) is 6.69. The zero-order valence-electron chi connectivity index (χ0n) is 15.5. The minimum Gasteiger partial charge on any atom is -0.320 e. The molecule has 0 saturated carbocycles. The summed E-state index contributed by atoms with van der Waals surface area (Å²) in [4.78, 5) is 25.6. The molecule has 150 valence electrons. The Morgan fingerprint density at radius 3 is 2.33 bits per heavy atom. The van der Waals surface area contributed by atoms with Gasteiger partial charge in [-0.15, -0.1) is 0 Å². The molecule has 0 radical (unpaired) electrons. The van der Waals surface area contributed by atoms with Crippen LogP contribution in [0.15, 0.2) is 72.9 Å². The molecule has 0 aliphatic heterocycles. The number of fused-ring (bicyclic) bond motifs is 1. The van der Waals surface area contributed by atoms with E-state index in [1.54, 1.807) is 48.5 Å². The van der Waals surface area contributed by atoms with Crippen molar-refractivity contribution < 1.29 is 14.0 Å². The van der Waals surface area contributed by atoms with Gasteiger partial charge in [0.15, 0.2) is 0 Å². The van der Waals surface area contributed by atoms with Crippen molar-refractivity contribution in [1.82, 2.24) is 4.40 Å². The zero-order chi connectivity index (χ0) is 21.3. The number of hydrogen-bond donors (Lipinski definition) is 1. The standard InChI is InChI=1S/C23H15Cl2FN2O2/c24-18-4-3-5-19(25)21(18)27-23(30)22(29)17-13-16(28-11-2-1-6-20(17)28)12-14-7-9-15(26)10-8-14/h1-11,13H,12H2,(H,27,30). The number of aromatic nitrogens is 1. The van der Waals surface area contributed by atoms with Crippen molar-refractivity contribution >= 4 is 46.1 Å². The molecule has 0 spiro atoms. The topological polar surface area (TPSA) is 50.6 Å². The Hall–Kier alpha value is -3.15. The van der Waals surface area contributed by atoms with E-state index in [1.165, 1.54) is 12.1 Å². The van der Waals surface area contributed by atoms with Crippen LogP contribution in [0, 0.1) is 5.82 Å². The third kappa shape index (κ3) is 3.95. The van der Waals surface area contributed by atoms with E-state index < -0.39 is 11.7 Å². The number of Topliss-reactive ketones (excluding diaryl/α,β-unsaturated/α-hetero) is 1. The first kappa shape index (κ1) is 20.1. The lowest BCUT2D eigenvalue weighted by atomic mass is 10.1. The first-order valence-corrected chi connectivity index (χ1v) is 9.83. The lowest BCUT2D eigenvalue weighted by molar-refractivity contribution is -0.112. The van der Waals surface area contributed by atoms with Crippen LogP contribution in [0.25, 0.3) is 5.52 Å². The van der Waals surface area contributed by atoms with E-state index in [9.17, 15) is 14.0 Å². The molecule has 4 rings (SSSR count). The molecule has 0 aliphatic rings. The van der Waals surface area contributed by atoms with Gasteiger partial charge >= 0.3 is 0 Å². The molecule has 2 aromatic heterocycles. The largest absolute Gasteiger partial charge is 0.320 e. The van der Waals surface area contributed by atoms with E-state index in [-0.39, 0.29) is 27.1 Å². The monoisotopic (exact) mass is 440 g/mol. The molecule has 0 unspecified atom stereocenters. The van der Waals surface area contributed by atoms with E-state index in [2.05, 4.69) is 5.32 Å². The maximum atomic E-state index is 13.2. The summed E-state index contributed by atoms with van der Waals surface area (Å²) in [5.41, 5.74) is 2.72. The van der Waals surface area contributed by atoms with Crippen LogP contribution in [0.4, 0.5) is 10.1 Å². The van der Waals surface area contributed by atoms with E-state index in [0.717, 1.165) is 11.3 Å². The molecule has 4 aromatic rings. The van der Waals surface area contributed by atoms with E-state index >= 15 is 0 Å². The predicted octanol–water partition coefficient (Wildman–Crippen LogP) is 5.80. The molecule has 0 aliphatic carbocycles. The highest BCUT2D eigenvalue weighted by Gasteiger charge is 2.23. The normalized spacial score (nSPS) is 10.9. The summed E-state index contributed by atoms with van der Waals surface area (Å²) < 4.78 is 15.0. The molecule has 2 heterocycles. The van der Waals surface area contributed by atoms with Gasteiger partial charge in [-0.2, -0.15) is 0 Å². The van der Waals surface area contributed by atoms with Gasteiger partial charge in [-0.3, -0.25) is 9.59 Å². The number of halogens is 3. The zero-order valence-corrected chi connectivity index (χ0v) is 17.0. The number of para-hydroxylation sites is 1. The fourth-order valence-corrected chi connectivity index (χ4v) is 3.75.